The summed E-state index contributed by atoms with van der Waals surface area (Å²) in [5, 5.41) is 12.1. The van der Waals surface area contributed by atoms with Crippen LogP contribution in [0.25, 0.3) is 0 Å². The fourth-order valence-electron chi connectivity index (χ4n) is 2.18. The van der Waals surface area contributed by atoms with Gasteiger partial charge in [-0.05, 0) is 37.5 Å². The molecular formula is C15H17F4NO3. The fraction of sp³-hybridized carbons (Fsp3) is 0.533. The van der Waals surface area contributed by atoms with Crippen molar-refractivity contribution in [3.63, 3.8) is 0 Å². The van der Waals surface area contributed by atoms with Crippen molar-refractivity contribution in [1.82, 2.24) is 5.32 Å². The first-order valence-electron chi connectivity index (χ1n) is 7.11. The lowest BCUT2D eigenvalue weighted by Crippen LogP contribution is -2.34. The van der Waals surface area contributed by atoms with E-state index in [9.17, 15) is 27.5 Å². The molecule has 4 nitrogen and oxygen atoms in total. The van der Waals surface area contributed by atoms with Crippen molar-refractivity contribution in [3.8, 4) is 5.75 Å². The van der Waals surface area contributed by atoms with Gasteiger partial charge in [-0.3, -0.25) is 4.79 Å². The third-order valence-corrected chi connectivity index (χ3v) is 3.67. The van der Waals surface area contributed by atoms with Crippen LogP contribution in [0.2, 0.25) is 0 Å². The zero-order valence-electron chi connectivity index (χ0n) is 12.4. The first-order valence-corrected chi connectivity index (χ1v) is 7.11. The van der Waals surface area contributed by atoms with Gasteiger partial charge in [0.05, 0.1) is 18.6 Å². The van der Waals surface area contributed by atoms with Crippen LogP contribution in [0.15, 0.2) is 24.3 Å². The number of aliphatic hydroxyl groups is 1. The van der Waals surface area contributed by atoms with Crippen LogP contribution in [0.3, 0.4) is 0 Å². The Kier molecular flexibility index (Phi) is 4.84. The number of halogens is 4. The number of hydrogen-bond acceptors (Lipinski definition) is 3. The number of nitrogens with one attached hydrogen (secondary N) is 1. The largest absolute Gasteiger partial charge is 0.573 e. The number of alkyl halides is 4. The van der Waals surface area contributed by atoms with E-state index in [2.05, 4.69) is 10.1 Å². The van der Waals surface area contributed by atoms with E-state index >= 15 is 0 Å². The number of rotatable bonds is 6. The van der Waals surface area contributed by atoms with Gasteiger partial charge in [0.2, 0.25) is 5.91 Å². The Bertz CT molecular complexity index is 572. The van der Waals surface area contributed by atoms with Gasteiger partial charge in [0.15, 0.2) is 0 Å². The second kappa shape index (κ2) is 6.35. The van der Waals surface area contributed by atoms with Crippen molar-refractivity contribution in [2.75, 3.05) is 0 Å². The molecule has 2 atom stereocenters. The molecule has 1 unspecified atom stereocenters. The number of aliphatic hydroxyl groups excluding tert-OH is 1. The molecule has 0 heterocycles. The Labute approximate surface area is 130 Å². The van der Waals surface area contributed by atoms with Gasteiger partial charge in [-0.1, -0.05) is 12.1 Å². The molecule has 128 valence electrons. The first kappa shape index (κ1) is 17.5. The Morgan fingerprint density at radius 2 is 2.09 bits per heavy atom. The maximum atomic E-state index is 13.6. The maximum absolute atomic E-state index is 13.6. The molecule has 0 saturated heterocycles. The van der Waals surface area contributed by atoms with Gasteiger partial charge in [-0.15, -0.1) is 13.2 Å². The standard InChI is InChI=1S/C15H17F4NO3/c1-9(20-13(22)8-12(21)14(16)5-6-14)10-3-2-4-11(7-10)23-15(17,18)19/h2-4,7,9,12,21H,5-6,8H2,1H3,(H,20,22)/t9-,12?/m0/s1. The van der Waals surface area contributed by atoms with E-state index in [0.29, 0.717) is 5.56 Å². The normalized spacial score (nSPS) is 18.9. The topological polar surface area (TPSA) is 58.6 Å². The molecule has 8 heteroatoms. The van der Waals surface area contributed by atoms with Crippen LogP contribution in [0.5, 0.6) is 5.75 Å². The van der Waals surface area contributed by atoms with Gasteiger partial charge in [0.25, 0.3) is 0 Å². The second-order valence-corrected chi connectivity index (χ2v) is 5.66. The average molecular weight is 335 g/mol. The summed E-state index contributed by atoms with van der Waals surface area (Å²) in [5.41, 5.74) is -1.28. The number of carbonyl (C=O) groups excluding carboxylic acids is 1. The molecule has 2 N–H and O–H groups in total. The highest BCUT2D eigenvalue weighted by molar-refractivity contribution is 5.77. The van der Waals surface area contributed by atoms with Gasteiger partial charge in [0, 0.05) is 0 Å². The lowest BCUT2D eigenvalue weighted by molar-refractivity contribution is -0.274. The van der Waals surface area contributed by atoms with Crippen LogP contribution >= 0.6 is 0 Å². The highest BCUT2D eigenvalue weighted by atomic mass is 19.4. The number of carbonyl (C=O) groups is 1. The third-order valence-electron chi connectivity index (χ3n) is 3.67. The van der Waals surface area contributed by atoms with E-state index in [1.54, 1.807) is 6.92 Å². The van der Waals surface area contributed by atoms with Crippen LogP contribution in [-0.2, 0) is 4.79 Å². The monoisotopic (exact) mass is 335 g/mol. The van der Waals surface area contributed by atoms with Crippen LogP contribution in [-0.4, -0.2) is 29.1 Å². The molecule has 0 bridgehead atoms. The van der Waals surface area contributed by atoms with Crippen molar-refractivity contribution >= 4 is 5.91 Å². The van der Waals surface area contributed by atoms with Crippen LogP contribution in [0.1, 0.15) is 37.8 Å². The molecule has 1 aromatic carbocycles. The van der Waals surface area contributed by atoms with E-state index in [1.165, 1.54) is 12.1 Å². The summed E-state index contributed by atoms with van der Waals surface area (Å²) < 4.78 is 54.0. The van der Waals surface area contributed by atoms with Crippen LogP contribution in [0, 0.1) is 0 Å². The van der Waals surface area contributed by atoms with Gasteiger partial charge in [0.1, 0.15) is 11.4 Å². The lowest BCUT2D eigenvalue weighted by atomic mass is 10.1. The molecule has 1 aliphatic carbocycles. The van der Waals surface area contributed by atoms with E-state index in [-0.39, 0.29) is 19.3 Å². The van der Waals surface area contributed by atoms with E-state index in [0.717, 1.165) is 12.1 Å². The second-order valence-electron chi connectivity index (χ2n) is 5.66. The molecule has 23 heavy (non-hydrogen) atoms. The Morgan fingerprint density at radius 1 is 1.43 bits per heavy atom. The SMILES string of the molecule is C[C@H](NC(=O)CC(O)C1(F)CC1)c1cccc(OC(F)(F)F)c1. The zero-order chi connectivity index (χ0) is 17.3. The van der Waals surface area contributed by atoms with E-state index < -0.39 is 35.8 Å². The Morgan fingerprint density at radius 3 is 2.65 bits per heavy atom. The molecular weight excluding hydrogens is 318 g/mol. The number of benzene rings is 1. The van der Waals surface area contributed by atoms with Gasteiger partial charge >= 0.3 is 6.36 Å². The zero-order valence-corrected chi connectivity index (χ0v) is 12.4. The highest BCUT2D eigenvalue weighted by Gasteiger charge is 2.50. The lowest BCUT2D eigenvalue weighted by Gasteiger charge is -2.18. The maximum Gasteiger partial charge on any atom is 0.573 e. The number of hydrogen-bond donors (Lipinski definition) is 2. The van der Waals surface area contributed by atoms with Gasteiger partial charge in [-0.2, -0.15) is 0 Å². The molecule has 0 aliphatic heterocycles. The van der Waals surface area contributed by atoms with Crippen molar-refractivity contribution in [2.24, 2.45) is 0 Å². The average Bonchev–Trinajstić information content (AvgIpc) is 3.16. The summed E-state index contributed by atoms with van der Waals surface area (Å²) >= 11 is 0. The molecule has 1 saturated carbocycles. The molecule has 0 radical (unpaired) electrons. The van der Waals surface area contributed by atoms with Crippen molar-refractivity contribution in [1.29, 1.82) is 0 Å². The van der Waals surface area contributed by atoms with Crippen LogP contribution < -0.4 is 10.1 Å². The number of amides is 1. The molecule has 1 fully saturated rings. The van der Waals surface area contributed by atoms with Crippen molar-refractivity contribution < 1.29 is 32.2 Å². The van der Waals surface area contributed by atoms with E-state index in [1.807, 2.05) is 0 Å². The molecule has 2 rings (SSSR count). The molecule has 1 amide bonds. The molecule has 0 spiro atoms. The smallest absolute Gasteiger partial charge is 0.406 e. The summed E-state index contributed by atoms with van der Waals surface area (Å²) in [6.07, 6.45) is -6.09. The number of ether oxygens (including phenoxy) is 1. The minimum absolute atomic E-state index is 0.230. The summed E-state index contributed by atoms with van der Waals surface area (Å²) in [6.45, 7) is 1.57. The quantitative estimate of drug-likeness (QED) is 0.786. The summed E-state index contributed by atoms with van der Waals surface area (Å²) in [6, 6.07) is 4.60. The third kappa shape index (κ3) is 5.09. The Hall–Kier alpha value is -1.83. The van der Waals surface area contributed by atoms with Crippen molar-refractivity contribution in [3.05, 3.63) is 29.8 Å². The summed E-state index contributed by atoms with van der Waals surface area (Å²) in [5.74, 6) is -0.965. The molecule has 1 aliphatic rings. The Balaban J connectivity index is 1.93. The van der Waals surface area contributed by atoms with Gasteiger partial charge < -0.3 is 15.2 Å². The fourth-order valence-corrected chi connectivity index (χ4v) is 2.18. The summed E-state index contributed by atoms with van der Waals surface area (Å²) in [7, 11) is 0. The predicted octanol–water partition coefficient (Wildman–Crippen LogP) is 3.02. The van der Waals surface area contributed by atoms with Crippen LogP contribution in [0.4, 0.5) is 17.6 Å². The molecule has 0 aromatic heterocycles. The minimum Gasteiger partial charge on any atom is -0.406 e. The van der Waals surface area contributed by atoms with E-state index in [4.69, 9.17) is 0 Å². The summed E-state index contributed by atoms with van der Waals surface area (Å²) in [4.78, 5) is 11.8. The van der Waals surface area contributed by atoms with Crippen molar-refractivity contribution in [2.45, 2.75) is 50.4 Å². The van der Waals surface area contributed by atoms with Gasteiger partial charge in [-0.25, -0.2) is 4.39 Å². The highest BCUT2D eigenvalue weighted by Crippen LogP contribution is 2.43. The predicted molar refractivity (Wildman–Crippen MR) is 73.4 cm³/mol. The minimum atomic E-state index is -4.80. The molecule has 1 aromatic rings. The first-order chi connectivity index (χ1) is 10.6.